The first-order chi connectivity index (χ1) is 17.3. The number of carbonyl (C=O) groups excluding carboxylic acids is 2. The fourth-order valence-corrected chi connectivity index (χ4v) is 5.62. The monoisotopic (exact) mass is 486 g/mol. The molecule has 2 amide bonds. The van der Waals surface area contributed by atoms with Crippen LogP contribution in [0.25, 0.3) is 0 Å². The van der Waals surface area contributed by atoms with Crippen molar-refractivity contribution >= 4 is 23.5 Å². The molecule has 2 heterocycles. The van der Waals surface area contributed by atoms with Gasteiger partial charge in [-0.1, -0.05) is 48.5 Å². The second-order valence-corrected chi connectivity index (χ2v) is 9.29. The Morgan fingerprint density at radius 3 is 2.33 bits per heavy atom. The van der Waals surface area contributed by atoms with Gasteiger partial charge < -0.3 is 14.9 Å². The van der Waals surface area contributed by atoms with Crippen LogP contribution in [0.2, 0.25) is 0 Å². The summed E-state index contributed by atoms with van der Waals surface area (Å²) in [7, 11) is 1.51. The van der Waals surface area contributed by atoms with Crippen LogP contribution < -0.4 is 15.0 Å². The van der Waals surface area contributed by atoms with Crippen molar-refractivity contribution in [1.29, 1.82) is 0 Å². The van der Waals surface area contributed by atoms with Crippen LogP contribution in [-0.4, -0.2) is 40.6 Å². The topological polar surface area (TPSA) is 116 Å². The van der Waals surface area contributed by atoms with Gasteiger partial charge in [-0.05, 0) is 42.3 Å². The van der Waals surface area contributed by atoms with E-state index in [9.17, 15) is 24.6 Å². The number of phenols is 1. The molecular weight excluding hydrogens is 460 g/mol. The Hall–Kier alpha value is -4.17. The zero-order valence-corrected chi connectivity index (χ0v) is 19.8. The molecule has 2 aliphatic rings. The number of nitrogens with zero attached hydrogens (tertiary/aromatic N) is 1. The molecule has 0 bridgehead atoms. The van der Waals surface area contributed by atoms with Gasteiger partial charge in [0, 0.05) is 18.0 Å². The van der Waals surface area contributed by atoms with Crippen LogP contribution in [0.4, 0.5) is 5.69 Å². The van der Waals surface area contributed by atoms with E-state index in [1.807, 2.05) is 6.07 Å². The lowest BCUT2D eigenvalue weighted by Gasteiger charge is -2.31. The number of hydrogen-bond acceptors (Lipinski definition) is 6. The number of hydrogen-bond donors (Lipinski definition) is 3. The number of carboxylic acids is 1. The third-order valence-corrected chi connectivity index (χ3v) is 7.29. The number of aryl methyl sites for hydroxylation is 1. The smallest absolute Gasteiger partial charge is 0.325 e. The van der Waals surface area contributed by atoms with E-state index in [0.717, 1.165) is 10.5 Å². The standard InChI is InChI=1S/C28H26N2O6/c1-16-7-3-5-9-20(16)30-25(32)22-23(26(30)33)28(27(34)35,15-17-11-13-18(31)14-12-17)29-24(22)19-8-4-6-10-21(19)36-2/h3-14,22-24,29,31H,15H2,1-2H3,(H,34,35). The Morgan fingerprint density at radius 2 is 1.67 bits per heavy atom. The predicted molar refractivity (Wildman–Crippen MR) is 132 cm³/mol. The van der Waals surface area contributed by atoms with Gasteiger partial charge in [0.25, 0.3) is 0 Å². The van der Waals surface area contributed by atoms with E-state index in [0.29, 0.717) is 22.6 Å². The van der Waals surface area contributed by atoms with Crippen molar-refractivity contribution in [2.75, 3.05) is 12.0 Å². The van der Waals surface area contributed by atoms with Crippen molar-refractivity contribution < 1.29 is 29.3 Å². The molecule has 4 unspecified atom stereocenters. The Balaban J connectivity index is 1.69. The maximum absolute atomic E-state index is 14.0. The molecule has 4 atom stereocenters. The van der Waals surface area contributed by atoms with Gasteiger partial charge in [-0.2, -0.15) is 0 Å². The number of nitrogens with one attached hydrogen (secondary N) is 1. The highest BCUT2D eigenvalue weighted by molar-refractivity contribution is 6.24. The summed E-state index contributed by atoms with van der Waals surface area (Å²) in [6.07, 6.45) is -0.0595. The van der Waals surface area contributed by atoms with Crippen LogP contribution in [0.5, 0.6) is 11.5 Å². The minimum atomic E-state index is -1.77. The van der Waals surface area contributed by atoms with E-state index in [-0.39, 0.29) is 12.2 Å². The molecule has 0 aliphatic carbocycles. The lowest BCUT2D eigenvalue weighted by Crippen LogP contribution is -2.57. The van der Waals surface area contributed by atoms with Crippen LogP contribution in [0.15, 0.2) is 72.8 Å². The summed E-state index contributed by atoms with van der Waals surface area (Å²) in [6, 6.07) is 19.6. The summed E-state index contributed by atoms with van der Waals surface area (Å²) in [6.45, 7) is 1.81. The Kier molecular flexibility index (Phi) is 5.76. The van der Waals surface area contributed by atoms with Crippen molar-refractivity contribution in [3.63, 3.8) is 0 Å². The predicted octanol–water partition coefficient (Wildman–Crippen LogP) is 3.23. The zero-order chi connectivity index (χ0) is 25.6. The molecule has 184 valence electrons. The van der Waals surface area contributed by atoms with Crippen molar-refractivity contribution in [2.45, 2.75) is 24.9 Å². The van der Waals surface area contributed by atoms with Crippen molar-refractivity contribution in [3.8, 4) is 11.5 Å². The molecule has 5 rings (SSSR count). The maximum Gasteiger partial charge on any atom is 0.325 e. The Bertz CT molecular complexity index is 1350. The number of rotatable bonds is 6. The second-order valence-electron chi connectivity index (χ2n) is 9.29. The number of para-hydroxylation sites is 2. The fraction of sp³-hybridized carbons (Fsp3) is 0.250. The van der Waals surface area contributed by atoms with Gasteiger partial charge in [-0.15, -0.1) is 0 Å². The van der Waals surface area contributed by atoms with Crippen LogP contribution in [-0.2, 0) is 20.8 Å². The van der Waals surface area contributed by atoms with E-state index in [4.69, 9.17) is 4.74 Å². The molecule has 0 radical (unpaired) electrons. The van der Waals surface area contributed by atoms with Crippen molar-refractivity contribution in [2.24, 2.45) is 11.8 Å². The number of aliphatic carboxylic acids is 1. The number of imide groups is 1. The normalized spacial score (nSPS) is 25.2. The first-order valence-corrected chi connectivity index (χ1v) is 11.6. The van der Waals surface area contributed by atoms with Gasteiger partial charge in [0.2, 0.25) is 11.8 Å². The lowest BCUT2D eigenvalue weighted by molar-refractivity contribution is -0.148. The lowest BCUT2D eigenvalue weighted by atomic mass is 9.76. The highest BCUT2D eigenvalue weighted by Crippen LogP contribution is 2.52. The minimum Gasteiger partial charge on any atom is -0.508 e. The van der Waals surface area contributed by atoms with Gasteiger partial charge in [0.1, 0.15) is 17.0 Å². The summed E-state index contributed by atoms with van der Waals surface area (Å²) in [5, 5.41) is 23.5. The van der Waals surface area contributed by atoms with E-state index < -0.39 is 41.2 Å². The van der Waals surface area contributed by atoms with Crippen LogP contribution in [0.1, 0.15) is 22.7 Å². The first-order valence-electron chi connectivity index (χ1n) is 11.6. The highest BCUT2D eigenvalue weighted by atomic mass is 16.5. The summed E-state index contributed by atoms with van der Waals surface area (Å²) in [5.41, 5.74) is 0.635. The van der Waals surface area contributed by atoms with E-state index in [2.05, 4.69) is 5.32 Å². The molecule has 8 nitrogen and oxygen atoms in total. The van der Waals surface area contributed by atoms with Gasteiger partial charge >= 0.3 is 5.97 Å². The molecule has 2 aliphatic heterocycles. The Labute approximate surface area is 208 Å². The maximum atomic E-state index is 14.0. The van der Waals surface area contributed by atoms with E-state index in [1.54, 1.807) is 61.5 Å². The summed E-state index contributed by atoms with van der Waals surface area (Å²) >= 11 is 0. The van der Waals surface area contributed by atoms with Gasteiger partial charge in [-0.25, -0.2) is 4.90 Å². The summed E-state index contributed by atoms with van der Waals surface area (Å²) in [4.78, 5) is 42.1. The number of amides is 2. The highest BCUT2D eigenvalue weighted by Gasteiger charge is 2.69. The number of anilines is 1. The number of benzene rings is 3. The number of methoxy groups -OCH3 is 1. The van der Waals surface area contributed by atoms with Crippen LogP contribution in [0.3, 0.4) is 0 Å². The number of phenolic OH excluding ortho intramolecular Hbond substituents is 1. The molecule has 0 aromatic heterocycles. The molecule has 0 spiro atoms. The SMILES string of the molecule is COc1ccccc1C1NC(Cc2ccc(O)cc2)(C(=O)O)C2C(=O)N(c3ccccc3C)C(=O)C12. The van der Waals surface area contributed by atoms with Crippen LogP contribution in [0, 0.1) is 18.8 Å². The third-order valence-electron chi connectivity index (χ3n) is 7.29. The minimum absolute atomic E-state index is 0.0464. The molecule has 3 N–H and O–H groups in total. The quantitative estimate of drug-likeness (QED) is 0.458. The average molecular weight is 487 g/mol. The molecule has 8 heteroatoms. The summed E-state index contributed by atoms with van der Waals surface area (Å²) < 4.78 is 5.53. The first kappa shape index (κ1) is 23.6. The van der Waals surface area contributed by atoms with E-state index in [1.165, 1.54) is 19.2 Å². The number of fused-ring (bicyclic) bond motifs is 1. The number of ether oxygens (including phenoxy) is 1. The Morgan fingerprint density at radius 1 is 1.00 bits per heavy atom. The third kappa shape index (κ3) is 3.53. The number of aromatic hydroxyl groups is 1. The van der Waals surface area contributed by atoms with Crippen LogP contribution >= 0.6 is 0 Å². The molecule has 3 aromatic carbocycles. The average Bonchev–Trinajstić information content (AvgIpc) is 3.35. The van der Waals surface area contributed by atoms with E-state index >= 15 is 0 Å². The fourth-order valence-electron chi connectivity index (χ4n) is 5.62. The van der Waals surface area contributed by atoms with Gasteiger partial charge in [-0.3, -0.25) is 19.7 Å². The van der Waals surface area contributed by atoms with Crippen molar-refractivity contribution in [3.05, 3.63) is 89.5 Å². The second kappa shape index (κ2) is 8.80. The molecule has 3 aromatic rings. The van der Waals surface area contributed by atoms with Gasteiger partial charge in [0.15, 0.2) is 0 Å². The molecule has 36 heavy (non-hydrogen) atoms. The summed E-state index contributed by atoms with van der Waals surface area (Å²) in [5.74, 6) is -3.80. The number of carbonyl (C=O) groups is 3. The number of carboxylic acid groups (broad SMARTS) is 1. The molecule has 2 fully saturated rings. The molecule has 0 saturated carbocycles. The molecular formula is C28H26N2O6. The molecule has 2 saturated heterocycles. The largest absolute Gasteiger partial charge is 0.508 e. The van der Waals surface area contributed by atoms with Crippen molar-refractivity contribution in [1.82, 2.24) is 5.32 Å². The van der Waals surface area contributed by atoms with Gasteiger partial charge in [0.05, 0.1) is 24.6 Å². The zero-order valence-electron chi connectivity index (χ0n) is 19.8.